The molecule has 1 saturated carbocycles. The van der Waals surface area contributed by atoms with Gasteiger partial charge in [-0.1, -0.05) is 6.07 Å². The zero-order valence-corrected chi connectivity index (χ0v) is 10.9. The average Bonchev–Trinajstić information content (AvgIpc) is 3.03. The van der Waals surface area contributed by atoms with E-state index in [-0.39, 0.29) is 0 Å². The van der Waals surface area contributed by atoms with E-state index in [4.69, 9.17) is 11.8 Å². The van der Waals surface area contributed by atoms with Gasteiger partial charge in [0.2, 0.25) is 0 Å². The van der Waals surface area contributed by atoms with Crippen LogP contribution in [0.25, 0.3) is 10.9 Å². The second-order valence-electron chi connectivity index (χ2n) is 5.67. The van der Waals surface area contributed by atoms with E-state index >= 15 is 0 Å². The van der Waals surface area contributed by atoms with Crippen molar-refractivity contribution in [3.8, 4) is 0 Å². The molecular weight excluding hydrogens is 246 g/mol. The predicted octanol–water partition coefficient (Wildman–Crippen LogP) is 2.75. The Morgan fingerprint density at radius 1 is 1.22 bits per heavy atom. The third-order valence-electron chi connectivity index (χ3n) is 4.67. The van der Waals surface area contributed by atoms with E-state index < -0.39 is 0 Å². The van der Waals surface area contributed by atoms with Gasteiger partial charge in [0.25, 0.3) is 0 Å². The maximum absolute atomic E-state index is 5.96. The second-order valence-corrected chi connectivity index (χ2v) is 5.99. The van der Waals surface area contributed by atoms with Crippen LogP contribution in [0.3, 0.4) is 0 Å². The van der Waals surface area contributed by atoms with Crippen LogP contribution in [0, 0.1) is 11.8 Å². The molecule has 2 aromatic rings. The Morgan fingerprint density at radius 2 is 2.00 bits per heavy atom. The first-order chi connectivity index (χ1) is 8.81. The monoisotopic (exact) mass is 261 g/mol. The molecule has 3 nitrogen and oxygen atoms in total. The van der Waals surface area contributed by atoms with Crippen molar-refractivity contribution in [2.24, 2.45) is 11.8 Å². The van der Waals surface area contributed by atoms with E-state index in [9.17, 15) is 0 Å². The third-order valence-corrected chi connectivity index (χ3v) is 4.94. The fourth-order valence-electron chi connectivity index (χ4n) is 3.71. The van der Waals surface area contributed by atoms with E-state index in [0.29, 0.717) is 0 Å². The van der Waals surface area contributed by atoms with E-state index in [1.54, 1.807) is 0 Å². The lowest BCUT2D eigenvalue weighted by atomic mass is 9.95. The van der Waals surface area contributed by atoms with Gasteiger partial charge < -0.3 is 5.32 Å². The summed E-state index contributed by atoms with van der Waals surface area (Å²) >= 11 is 5.96. The van der Waals surface area contributed by atoms with Crippen LogP contribution in [-0.2, 0) is 0 Å². The number of fused-ring (bicyclic) bond motifs is 2. The Balaban J connectivity index is 1.67. The molecule has 1 aliphatic carbocycles. The van der Waals surface area contributed by atoms with Crippen LogP contribution >= 0.6 is 11.8 Å². The Bertz CT molecular complexity index is 580. The molecule has 3 atom stereocenters. The van der Waals surface area contributed by atoms with Gasteiger partial charge in [-0.15, -0.1) is 0 Å². The molecule has 94 valence electrons. The molecule has 2 fully saturated rings. The Labute approximate surface area is 111 Å². The SMILES string of the molecule is Cln1ncc2cc(C3C[C@H]4CNC[C@H]4C3)ccc21. The number of halogens is 1. The van der Waals surface area contributed by atoms with Crippen LogP contribution in [0.1, 0.15) is 24.3 Å². The molecule has 0 radical (unpaired) electrons. The summed E-state index contributed by atoms with van der Waals surface area (Å²) in [5.41, 5.74) is 2.46. The zero-order chi connectivity index (χ0) is 12.1. The highest BCUT2D eigenvalue weighted by Crippen LogP contribution is 2.44. The quantitative estimate of drug-likeness (QED) is 0.856. The number of hydrogen-bond acceptors (Lipinski definition) is 2. The molecule has 1 unspecified atom stereocenters. The minimum atomic E-state index is 0.727. The van der Waals surface area contributed by atoms with E-state index in [0.717, 1.165) is 28.7 Å². The van der Waals surface area contributed by atoms with Gasteiger partial charge in [0.05, 0.1) is 11.7 Å². The molecule has 18 heavy (non-hydrogen) atoms. The van der Waals surface area contributed by atoms with Crippen molar-refractivity contribution in [3.63, 3.8) is 0 Å². The molecule has 0 spiro atoms. The largest absolute Gasteiger partial charge is 0.316 e. The summed E-state index contributed by atoms with van der Waals surface area (Å²) in [7, 11) is 0. The van der Waals surface area contributed by atoms with E-state index in [1.807, 2.05) is 6.20 Å². The first-order valence-corrected chi connectivity index (χ1v) is 6.99. The highest BCUT2D eigenvalue weighted by molar-refractivity contribution is 6.18. The molecular formula is C14H16ClN3. The third kappa shape index (κ3) is 1.57. The minimum absolute atomic E-state index is 0.727. The predicted molar refractivity (Wildman–Crippen MR) is 72.8 cm³/mol. The lowest BCUT2D eigenvalue weighted by Crippen LogP contribution is -2.11. The number of aromatic nitrogens is 2. The van der Waals surface area contributed by atoms with Crippen LogP contribution in [0.2, 0.25) is 0 Å². The molecule has 1 N–H and O–H groups in total. The summed E-state index contributed by atoms with van der Waals surface area (Å²) in [5.74, 6) is 2.51. The van der Waals surface area contributed by atoms with Crippen molar-refractivity contribution in [3.05, 3.63) is 30.0 Å². The molecule has 0 amide bonds. The maximum atomic E-state index is 5.96. The van der Waals surface area contributed by atoms with E-state index in [1.165, 1.54) is 35.7 Å². The molecule has 2 heterocycles. The number of nitrogens with one attached hydrogen (secondary N) is 1. The molecule has 1 saturated heterocycles. The summed E-state index contributed by atoms with van der Waals surface area (Å²) in [6.07, 6.45) is 4.51. The van der Waals surface area contributed by atoms with Crippen molar-refractivity contribution in [2.45, 2.75) is 18.8 Å². The summed E-state index contributed by atoms with van der Waals surface area (Å²) < 4.78 is 1.42. The van der Waals surface area contributed by atoms with Crippen molar-refractivity contribution in [2.75, 3.05) is 13.1 Å². The van der Waals surface area contributed by atoms with Crippen LogP contribution in [0.15, 0.2) is 24.4 Å². The summed E-state index contributed by atoms with van der Waals surface area (Å²) in [5, 5.41) is 8.74. The smallest absolute Gasteiger partial charge is 0.0871 e. The molecule has 1 aliphatic heterocycles. The van der Waals surface area contributed by atoms with Crippen LogP contribution in [0.5, 0.6) is 0 Å². The first-order valence-electron chi connectivity index (χ1n) is 6.66. The van der Waals surface area contributed by atoms with Crippen LogP contribution < -0.4 is 5.32 Å². The highest BCUT2D eigenvalue weighted by atomic mass is 35.5. The van der Waals surface area contributed by atoms with Crippen LogP contribution in [0.4, 0.5) is 0 Å². The average molecular weight is 262 g/mol. The lowest BCUT2D eigenvalue weighted by Gasteiger charge is -2.11. The fourth-order valence-corrected chi connectivity index (χ4v) is 3.91. The van der Waals surface area contributed by atoms with Crippen molar-refractivity contribution in [1.29, 1.82) is 0 Å². The minimum Gasteiger partial charge on any atom is -0.316 e. The standard InChI is InChI=1S/C14H16ClN3/c15-18-14-2-1-9(3-13(14)8-17-18)10-4-11-6-16-7-12(11)5-10/h1-3,8,10-12,16H,4-7H2/t10?,11-,12+. The summed E-state index contributed by atoms with van der Waals surface area (Å²) in [6.45, 7) is 2.42. The van der Waals surface area contributed by atoms with Gasteiger partial charge >= 0.3 is 0 Å². The molecule has 4 heteroatoms. The topological polar surface area (TPSA) is 29.9 Å². The first kappa shape index (κ1) is 10.8. The molecule has 2 aliphatic rings. The molecule has 1 aromatic carbocycles. The van der Waals surface area contributed by atoms with Crippen molar-refractivity contribution >= 4 is 22.7 Å². The number of rotatable bonds is 1. The fraction of sp³-hybridized carbons (Fsp3) is 0.500. The number of benzene rings is 1. The Hall–Kier alpha value is -1.06. The van der Waals surface area contributed by atoms with Crippen LogP contribution in [-0.4, -0.2) is 22.4 Å². The van der Waals surface area contributed by atoms with Crippen molar-refractivity contribution in [1.82, 2.24) is 14.6 Å². The van der Waals surface area contributed by atoms with Gasteiger partial charge in [-0.05, 0) is 61.4 Å². The number of nitrogens with zero attached hydrogens (tertiary/aromatic N) is 2. The van der Waals surface area contributed by atoms with E-state index in [2.05, 4.69) is 28.6 Å². The maximum Gasteiger partial charge on any atom is 0.0871 e. The highest BCUT2D eigenvalue weighted by Gasteiger charge is 2.37. The molecule has 1 aromatic heterocycles. The van der Waals surface area contributed by atoms with Gasteiger partial charge in [-0.3, -0.25) is 0 Å². The van der Waals surface area contributed by atoms with Crippen molar-refractivity contribution < 1.29 is 0 Å². The lowest BCUT2D eigenvalue weighted by molar-refractivity contribution is 0.494. The normalized spacial score (nSPS) is 31.1. The number of hydrogen-bond donors (Lipinski definition) is 1. The second kappa shape index (κ2) is 3.97. The summed E-state index contributed by atoms with van der Waals surface area (Å²) in [4.78, 5) is 0. The Morgan fingerprint density at radius 3 is 2.78 bits per heavy atom. The van der Waals surface area contributed by atoms with Gasteiger partial charge in [-0.25, -0.2) is 0 Å². The van der Waals surface area contributed by atoms with Gasteiger partial charge in [0, 0.05) is 17.2 Å². The van der Waals surface area contributed by atoms with Gasteiger partial charge in [0.1, 0.15) is 0 Å². The Kier molecular flexibility index (Phi) is 2.39. The van der Waals surface area contributed by atoms with Gasteiger partial charge in [-0.2, -0.15) is 9.30 Å². The molecule has 4 rings (SSSR count). The molecule has 0 bridgehead atoms. The van der Waals surface area contributed by atoms with Gasteiger partial charge in [0.15, 0.2) is 0 Å². The summed E-state index contributed by atoms with van der Waals surface area (Å²) in [6, 6.07) is 6.58. The zero-order valence-electron chi connectivity index (χ0n) is 10.1.